The molecule has 0 aliphatic heterocycles. The van der Waals surface area contributed by atoms with Gasteiger partial charge in [-0.15, -0.1) is 0 Å². The summed E-state index contributed by atoms with van der Waals surface area (Å²) in [6.45, 7) is 2.99. The van der Waals surface area contributed by atoms with E-state index in [2.05, 4.69) is 20.3 Å². The molecule has 2 heterocycles. The highest BCUT2D eigenvalue weighted by atomic mass is 35.5. The van der Waals surface area contributed by atoms with E-state index in [1.54, 1.807) is 30.4 Å². The molecule has 1 aromatic carbocycles. The van der Waals surface area contributed by atoms with Crippen molar-refractivity contribution in [2.24, 2.45) is 0 Å². The van der Waals surface area contributed by atoms with E-state index < -0.39 is 0 Å². The van der Waals surface area contributed by atoms with Crippen molar-refractivity contribution in [1.82, 2.24) is 19.9 Å². The van der Waals surface area contributed by atoms with Gasteiger partial charge in [-0.3, -0.25) is 9.78 Å². The van der Waals surface area contributed by atoms with Crippen LogP contribution in [-0.2, 0) is 13.0 Å². The van der Waals surface area contributed by atoms with Crippen molar-refractivity contribution in [3.8, 4) is 0 Å². The molecule has 1 amide bonds. The van der Waals surface area contributed by atoms with Crippen LogP contribution in [0.2, 0.25) is 5.02 Å². The number of hydrogen-bond donors (Lipinski definition) is 1. The van der Waals surface area contributed by atoms with E-state index in [0.29, 0.717) is 29.8 Å². The first-order valence-corrected chi connectivity index (χ1v) is 9.37. The molecule has 3 aromatic rings. The number of nitrogens with zero attached hydrogens (tertiary/aromatic N) is 4. The number of aryl methyl sites for hydroxylation is 1. The van der Waals surface area contributed by atoms with Gasteiger partial charge in [0.05, 0.1) is 0 Å². The number of benzene rings is 1. The fourth-order valence-corrected chi connectivity index (χ4v) is 2.81. The maximum Gasteiger partial charge on any atom is 0.272 e. The standard InChI is InChI=1S/C21H22ClN5O/c1-15-13-19(20(28)27(2)12-9-16-7-10-23-11-8-16)26-21(25-15)24-14-17-3-5-18(22)6-4-17/h3-8,10-11,13H,9,12,14H2,1-2H3,(H,24,25,26). The number of anilines is 1. The second-order valence-electron chi connectivity index (χ2n) is 6.53. The van der Waals surface area contributed by atoms with Crippen LogP contribution in [0.1, 0.15) is 27.3 Å². The number of pyridine rings is 1. The first kappa shape index (κ1) is 19.8. The molecule has 0 fully saturated rings. The third kappa shape index (κ3) is 5.50. The van der Waals surface area contributed by atoms with Gasteiger partial charge in [-0.1, -0.05) is 23.7 Å². The summed E-state index contributed by atoms with van der Waals surface area (Å²) in [6, 6.07) is 13.1. The lowest BCUT2D eigenvalue weighted by Crippen LogP contribution is -2.30. The molecule has 0 atom stereocenters. The van der Waals surface area contributed by atoms with Gasteiger partial charge in [-0.05, 0) is 54.8 Å². The maximum atomic E-state index is 12.8. The lowest BCUT2D eigenvalue weighted by molar-refractivity contribution is 0.0790. The van der Waals surface area contributed by atoms with Crippen LogP contribution >= 0.6 is 11.6 Å². The summed E-state index contributed by atoms with van der Waals surface area (Å²) in [7, 11) is 1.78. The number of likely N-dealkylation sites (N-methyl/N-ethyl adjacent to an activating group) is 1. The zero-order valence-corrected chi connectivity index (χ0v) is 16.6. The van der Waals surface area contributed by atoms with Gasteiger partial charge in [0, 0.05) is 43.2 Å². The number of carbonyl (C=O) groups is 1. The highest BCUT2D eigenvalue weighted by Crippen LogP contribution is 2.12. The molecule has 2 aromatic heterocycles. The summed E-state index contributed by atoms with van der Waals surface area (Å²) >= 11 is 5.91. The van der Waals surface area contributed by atoms with Gasteiger partial charge in [-0.25, -0.2) is 9.97 Å². The van der Waals surface area contributed by atoms with E-state index in [-0.39, 0.29) is 5.91 Å². The SMILES string of the molecule is Cc1cc(C(=O)N(C)CCc2ccncc2)nc(NCc2ccc(Cl)cc2)n1. The Hall–Kier alpha value is -2.99. The fraction of sp³-hybridized carbons (Fsp3) is 0.238. The van der Waals surface area contributed by atoms with E-state index in [4.69, 9.17) is 11.6 Å². The van der Waals surface area contributed by atoms with Gasteiger partial charge in [0.2, 0.25) is 5.95 Å². The van der Waals surface area contributed by atoms with Crippen molar-refractivity contribution >= 4 is 23.5 Å². The molecule has 1 N–H and O–H groups in total. The average molecular weight is 396 g/mol. The van der Waals surface area contributed by atoms with Crippen LogP contribution in [0.15, 0.2) is 54.9 Å². The van der Waals surface area contributed by atoms with Crippen molar-refractivity contribution in [3.05, 3.63) is 82.4 Å². The molecular weight excluding hydrogens is 374 g/mol. The Bertz CT molecular complexity index is 931. The molecule has 0 saturated carbocycles. The first-order valence-electron chi connectivity index (χ1n) is 8.99. The normalized spacial score (nSPS) is 10.5. The Morgan fingerprint density at radius 3 is 2.50 bits per heavy atom. The molecule has 0 aliphatic rings. The van der Waals surface area contributed by atoms with Gasteiger partial charge in [-0.2, -0.15) is 0 Å². The second kappa shape index (κ2) is 9.28. The van der Waals surface area contributed by atoms with Crippen LogP contribution in [0.3, 0.4) is 0 Å². The summed E-state index contributed by atoms with van der Waals surface area (Å²) in [5.41, 5.74) is 3.30. The van der Waals surface area contributed by atoms with Crippen LogP contribution in [0.5, 0.6) is 0 Å². The summed E-state index contributed by atoms with van der Waals surface area (Å²) in [5.74, 6) is 0.301. The minimum atomic E-state index is -0.130. The fourth-order valence-electron chi connectivity index (χ4n) is 2.68. The predicted octanol–water partition coefficient (Wildman–Crippen LogP) is 3.76. The van der Waals surface area contributed by atoms with Crippen LogP contribution in [-0.4, -0.2) is 39.4 Å². The molecule has 0 bridgehead atoms. The van der Waals surface area contributed by atoms with Crippen molar-refractivity contribution in [2.45, 2.75) is 19.9 Å². The molecular formula is C21H22ClN5O. The third-order valence-electron chi connectivity index (χ3n) is 4.27. The van der Waals surface area contributed by atoms with Crippen molar-refractivity contribution in [1.29, 1.82) is 0 Å². The molecule has 28 heavy (non-hydrogen) atoms. The zero-order valence-electron chi connectivity index (χ0n) is 15.9. The molecule has 0 radical (unpaired) electrons. The van der Waals surface area contributed by atoms with E-state index in [9.17, 15) is 4.79 Å². The lowest BCUT2D eigenvalue weighted by atomic mass is 10.2. The van der Waals surface area contributed by atoms with Gasteiger partial charge in [0.15, 0.2) is 0 Å². The molecule has 3 rings (SSSR count). The number of nitrogens with one attached hydrogen (secondary N) is 1. The minimum Gasteiger partial charge on any atom is -0.350 e. The van der Waals surface area contributed by atoms with Crippen LogP contribution in [0, 0.1) is 6.92 Å². The molecule has 7 heteroatoms. The van der Waals surface area contributed by atoms with Crippen molar-refractivity contribution < 1.29 is 4.79 Å². The first-order chi connectivity index (χ1) is 13.5. The molecule has 6 nitrogen and oxygen atoms in total. The van der Waals surface area contributed by atoms with Crippen molar-refractivity contribution in [2.75, 3.05) is 18.9 Å². The monoisotopic (exact) mass is 395 g/mol. The second-order valence-corrected chi connectivity index (χ2v) is 6.97. The topological polar surface area (TPSA) is 71.0 Å². The van der Waals surface area contributed by atoms with E-state index in [0.717, 1.165) is 23.2 Å². The molecule has 0 spiro atoms. The van der Waals surface area contributed by atoms with E-state index in [1.165, 1.54) is 0 Å². The smallest absolute Gasteiger partial charge is 0.272 e. The summed E-state index contributed by atoms with van der Waals surface area (Å²) in [4.78, 5) is 27.2. The number of hydrogen-bond acceptors (Lipinski definition) is 5. The summed E-state index contributed by atoms with van der Waals surface area (Å²) in [5, 5.41) is 3.86. The van der Waals surface area contributed by atoms with Gasteiger partial charge in [0.1, 0.15) is 5.69 Å². The van der Waals surface area contributed by atoms with E-state index in [1.807, 2.05) is 43.3 Å². The van der Waals surface area contributed by atoms with Crippen LogP contribution in [0.25, 0.3) is 0 Å². The Morgan fingerprint density at radius 1 is 1.07 bits per heavy atom. The number of rotatable bonds is 7. The molecule has 0 saturated heterocycles. The Labute approximate surface area is 169 Å². The molecule has 0 unspecified atom stereocenters. The predicted molar refractivity (Wildman–Crippen MR) is 110 cm³/mol. The third-order valence-corrected chi connectivity index (χ3v) is 4.52. The van der Waals surface area contributed by atoms with Crippen LogP contribution < -0.4 is 5.32 Å². The quantitative estimate of drug-likeness (QED) is 0.659. The summed E-state index contributed by atoms with van der Waals surface area (Å²) < 4.78 is 0. The maximum absolute atomic E-state index is 12.8. The zero-order chi connectivity index (χ0) is 19.9. The van der Waals surface area contributed by atoms with E-state index >= 15 is 0 Å². The number of carbonyl (C=O) groups excluding carboxylic acids is 1. The number of amides is 1. The van der Waals surface area contributed by atoms with Crippen molar-refractivity contribution in [3.63, 3.8) is 0 Å². The highest BCUT2D eigenvalue weighted by Gasteiger charge is 2.15. The average Bonchev–Trinajstić information content (AvgIpc) is 2.71. The van der Waals surface area contributed by atoms with Gasteiger partial charge >= 0.3 is 0 Å². The molecule has 144 valence electrons. The minimum absolute atomic E-state index is 0.130. The molecule has 0 aliphatic carbocycles. The summed E-state index contributed by atoms with van der Waals surface area (Å²) in [6.07, 6.45) is 4.27. The highest BCUT2D eigenvalue weighted by molar-refractivity contribution is 6.30. The number of aromatic nitrogens is 3. The van der Waals surface area contributed by atoms with Crippen LogP contribution in [0.4, 0.5) is 5.95 Å². The largest absolute Gasteiger partial charge is 0.350 e. The number of halogens is 1. The Balaban J connectivity index is 1.64. The lowest BCUT2D eigenvalue weighted by Gasteiger charge is -2.17. The van der Waals surface area contributed by atoms with Gasteiger partial charge in [0.25, 0.3) is 5.91 Å². The Kier molecular flexibility index (Phi) is 6.55. The Morgan fingerprint density at radius 2 is 1.79 bits per heavy atom. The van der Waals surface area contributed by atoms with Gasteiger partial charge < -0.3 is 10.2 Å².